The number of amides is 2. The van der Waals surface area contributed by atoms with Gasteiger partial charge >= 0.3 is 0 Å². The molecular weight excluding hydrogens is 194 g/mol. The lowest BCUT2D eigenvalue weighted by molar-refractivity contribution is -0.122. The highest BCUT2D eigenvalue weighted by atomic mass is 16.2. The fourth-order valence-corrected chi connectivity index (χ4v) is 1.72. The predicted octanol–water partition coefficient (Wildman–Crippen LogP) is -0.490. The van der Waals surface area contributed by atoms with Crippen LogP contribution in [0.5, 0.6) is 0 Å². The van der Waals surface area contributed by atoms with Gasteiger partial charge in [0.05, 0.1) is 0 Å². The molecule has 15 heavy (non-hydrogen) atoms. The molecule has 1 saturated heterocycles. The Bertz CT molecular complexity index is 225. The van der Waals surface area contributed by atoms with Crippen LogP contribution < -0.4 is 16.4 Å². The largest absolute Gasteiger partial charge is 0.370 e. The van der Waals surface area contributed by atoms with Gasteiger partial charge in [-0.1, -0.05) is 0 Å². The molecule has 0 saturated carbocycles. The van der Waals surface area contributed by atoms with Crippen LogP contribution in [0.1, 0.15) is 32.1 Å². The van der Waals surface area contributed by atoms with Crippen LogP contribution in [0, 0.1) is 0 Å². The van der Waals surface area contributed by atoms with E-state index in [4.69, 9.17) is 5.73 Å². The summed E-state index contributed by atoms with van der Waals surface area (Å²) in [5, 5.41) is 6.04. The molecule has 1 heterocycles. The highest BCUT2D eigenvalue weighted by molar-refractivity contribution is 5.77. The van der Waals surface area contributed by atoms with E-state index in [0.29, 0.717) is 31.8 Å². The van der Waals surface area contributed by atoms with Gasteiger partial charge in [0, 0.05) is 25.4 Å². The van der Waals surface area contributed by atoms with E-state index in [9.17, 15) is 9.59 Å². The molecule has 0 aromatic rings. The lowest BCUT2D eigenvalue weighted by Crippen LogP contribution is -2.32. The fourth-order valence-electron chi connectivity index (χ4n) is 1.72. The summed E-state index contributed by atoms with van der Waals surface area (Å²) >= 11 is 0. The number of hydrogen-bond acceptors (Lipinski definition) is 3. The molecule has 1 aliphatic heterocycles. The number of carbonyl (C=O) groups excluding carboxylic acids is 2. The molecule has 0 bridgehead atoms. The van der Waals surface area contributed by atoms with Crippen LogP contribution in [0.2, 0.25) is 0 Å². The minimum atomic E-state index is -0.318. The highest BCUT2D eigenvalue weighted by Crippen LogP contribution is 2.07. The van der Waals surface area contributed by atoms with Crippen molar-refractivity contribution in [3.63, 3.8) is 0 Å². The quantitative estimate of drug-likeness (QED) is 0.520. The highest BCUT2D eigenvalue weighted by Gasteiger charge is 2.16. The molecule has 1 aliphatic rings. The van der Waals surface area contributed by atoms with E-state index in [2.05, 4.69) is 10.6 Å². The third kappa shape index (κ3) is 5.37. The maximum Gasteiger partial charge on any atom is 0.221 e. The minimum Gasteiger partial charge on any atom is -0.370 e. The van der Waals surface area contributed by atoms with Crippen molar-refractivity contribution in [2.75, 3.05) is 13.1 Å². The van der Waals surface area contributed by atoms with Gasteiger partial charge in [-0.05, 0) is 25.8 Å². The van der Waals surface area contributed by atoms with Crippen molar-refractivity contribution >= 4 is 11.8 Å². The minimum absolute atomic E-state index is 0.0545. The van der Waals surface area contributed by atoms with Crippen LogP contribution in [0.15, 0.2) is 0 Å². The topological polar surface area (TPSA) is 84.2 Å². The summed E-state index contributed by atoms with van der Waals surface area (Å²) < 4.78 is 0. The van der Waals surface area contributed by atoms with Crippen LogP contribution in [-0.2, 0) is 9.59 Å². The van der Waals surface area contributed by atoms with Gasteiger partial charge in [0.25, 0.3) is 0 Å². The van der Waals surface area contributed by atoms with Gasteiger partial charge in [-0.2, -0.15) is 0 Å². The Kier molecular flexibility index (Phi) is 5.10. The molecule has 4 N–H and O–H groups in total. The van der Waals surface area contributed by atoms with Gasteiger partial charge in [-0.25, -0.2) is 0 Å². The first-order valence-corrected chi connectivity index (χ1v) is 5.47. The van der Waals surface area contributed by atoms with Gasteiger partial charge in [-0.15, -0.1) is 0 Å². The molecule has 1 rings (SSSR count). The van der Waals surface area contributed by atoms with Crippen LogP contribution in [0.25, 0.3) is 0 Å². The first-order chi connectivity index (χ1) is 7.18. The van der Waals surface area contributed by atoms with E-state index >= 15 is 0 Å². The molecule has 1 atom stereocenters. The van der Waals surface area contributed by atoms with Crippen LogP contribution in [0.4, 0.5) is 0 Å². The summed E-state index contributed by atoms with van der Waals surface area (Å²) in [4.78, 5) is 21.8. The number of carbonyl (C=O) groups is 2. The second-order valence-electron chi connectivity index (χ2n) is 3.92. The maximum atomic E-state index is 11.4. The van der Waals surface area contributed by atoms with Crippen molar-refractivity contribution in [1.29, 1.82) is 0 Å². The number of nitrogens with two attached hydrogens (primary N) is 1. The molecule has 5 heteroatoms. The third-order valence-electron chi connectivity index (χ3n) is 2.52. The van der Waals surface area contributed by atoms with Gasteiger partial charge < -0.3 is 16.4 Å². The van der Waals surface area contributed by atoms with Gasteiger partial charge in [-0.3, -0.25) is 9.59 Å². The predicted molar refractivity (Wildman–Crippen MR) is 57.1 cm³/mol. The zero-order valence-corrected chi connectivity index (χ0v) is 8.92. The van der Waals surface area contributed by atoms with Gasteiger partial charge in [0.2, 0.25) is 11.8 Å². The molecule has 86 valence electrons. The third-order valence-corrected chi connectivity index (χ3v) is 2.52. The monoisotopic (exact) mass is 213 g/mol. The van der Waals surface area contributed by atoms with E-state index < -0.39 is 0 Å². The SMILES string of the molecule is NC(=O)CCCNC(=O)CC1CCCN1. The average molecular weight is 213 g/mol. The first kappa shape index (κ1) is 12.0. The second-order valence-corrected chi connectivity index (χ2v) is 3.92. The molecule has 2 amide bonds. The van der Waals surface area contributed by atoms with Crippen molar-refractivity contribution in [3.8, 4) is 0 Å². The Labute approximate surface area is 89.8 Å². The normalized spacial score (nSPS) is 20.1. The van der Waals surface area contributed by atoms with Crippen molar-refractivity contribution < 1.29 is 9.59 Å². The Morgan fingerprint density at radius 1 is 1.47 bits per heavy atom. The van der Waals surface area contributed by atoms with Gasteiger partial charge in [0.1, 0.15) is 0 Å². The summed E-state index contributed by atoms with van der Waals surface area (Å²) in [6.45, 7) is 1.55. The molecule has 0 spiro atoms. The number of rotatable bonds is 6. The van der Waals surface area contributed by atoms with Crippen molar-refractivity contribution in [2.24, 2.45) is 5.73 Å². The number of hydrogen-bond donors (Lipinski definition) is 3. The van der Waals surface area contributed by atoms with Crippen LogP contribution in [-0.4, -0.2) is 30.9 Å². The summed E-state index contributed by atoms with van der Waals surface area (Å²) in [6.07, 6.45) is 3.73. The average Bonchev–Trinajstić information content (AvgIpc) is 2.64. The van der Waals surface area contributed by atoms with Crippen LogP contribution in [0.3, 0.4) is 0 Å². The second kappa shape index (κ2) is 6.40. The molecule has 1 fully saturated rings. The summed E-state index contributed by atoms with van der Waals surface area (Å²) in [5.41, 5.74) is 4.98. The first-order valence-electron chi connectivity index (χ1n) is 5.47. The number of nitrogens with one attached hydrogen (secondary N) is 2. The molecule has 5 nitrogen and oxygen atoms in total. The molecule has 0 radical (unpaired) electrons. The van der Waals surface area contributed by atoms with Crippen LogP contribution >= 0.6 is 0 Å². The summed E-state index contributed by atoms with van der Waals surface area (Å²) in [7, 11) is 0. The molecular formula is C10H19N3O2. The maximum absolute atomic E-state index is 11.4. The lowest BCUT2D eigenvalue weighted by atomic mass is 10.1. The Hall–Kier alpha value is -1.10. The van der Waals surface area contributed by atoms with Crippen molar-refractivity contribution in [3.05, 3.63) is 0 Å². The molecule has 0 aromatic heterocycles. The van der Waals surface area contributed by atoms with Gasteiger partial charge in [0.15, 0.2) is 0 Å². The van der Waals surface area contributed by atoms with E-state index in [0.717, 1.165) is 19.4 Å². The molecule has 0 aliphatic carbocycles. The summed E-state index contributed by atoms with van der Waals surface area (Å²) in [5.74, 6) is -0.263. The van der Waals surface area contributed by atoms with Crippen molar-refractivity contribution in [2.45, 2.75) is 38.1 Å². The molecule has 0 aromatic carbocycles. The molecule has 1 unspecified atom stereocenters. The zero-order chi connectivity index (χ0) is 11.1. The van der Waals surface area contributed by atoms with E-state index in [1.165, 1.54) is 0 Å². The standard InChI is InChI=1S/C10H19N3O2/c11-9(14)4-2-6-13-10(15)7-8-3-1-5-12-8/h8,12H,1-7H2,(H2,11,14)(H,13,15). The Morgan fingerprint density at radius 2 is 2.27 bits per heavy atom. The smallest absolute Gasteiger partial charge is 0.221 e. The Morgan fingerprint density at radius 3 is 2.87 bits per heavy atom. The lowest BCUT2D eigenvalue weighted by Gasteiger charge is -2.09. The zero-order valence-electron chi connectivity index (χ0n) is 8.92. The van der Waals surface area contributed by atoms with E-state index in [1.807, 2.05) is 0 Å². The fraction of sp³-hybridized carbons (Fsp3) is 0.800. The van der Waals surface area contributed by atoms with E-state index in [1.54, 1.807) is 0 Å². The Balaban J connectivity index is 2.00. The number of primary amides is 1. The summed E-state index contributed by atoms with van der Waals surface area (Å²) in [6, 6.07) is 0.334. The van der Waals surface area contributed by atoms with Crippen molar-refractivity contribution in [1.82, 2.24) is 10.6 Å². The van der Waals surface area contributed by atoms with E-state index in [-0.39, 0.29) is 11.8 Å².